The van der Waals surface area contributed by atoms with Gasteiger partial charge in [0.05, 0.1) is 66.6 Å². The van der Waals surface area contributed by atoms with E-state index in [1.807, 2.05) is 0 Å². The quantitative estimate of drug-likeness (QED) is 0.0266. The van der Waals surface area contributed by atoms with E-state index in [0.717, 1.165) is 26.4 Å². The number of anilines is 1. The lowest BCUT2D eigenvalue weighted by atomic mass is 9.82. The molecule has 6 rings (SSSR count). The Kier molecular flexibility index (Phi) is 24.6. The van der Waals surface area contributed by atoms with Crippen LogP contribution >= 0.6 is 23.1 Å². The highest BCUT2D eigenvalue weighted by Gasteiger charge is 2.64. The van der Waals surface area contributed by atoms with Gasteiger partial charge in [-0.2, -0.15) is 0 Å². The first kappa shape index (κ1) is 72.7. The zero-order valence-corrected chi connectivity index (χ0v) is 51.0. The van der Waals surface area contributed by atoms with Crippen LogP contribution < -0.4 is 61.0 Å². The third-order valence-corrected chi connectivity index (χ3v) is 17.3. The number of ketones is 1. The molecular formula is C51H75N17O21S2. The van der Waals surface area contributed by atoms with Gasteiger partial charge in [0.2, 0.25) is 35.1 Å². The zero-order chi connectivity index (χ0) is 67.7. The summed E-state index contributed by atoms with van der Waals surface area (Å²) in [5, 5.41) is 104. The minimum absolute atomic E-state index is 0.0330. The minimum atomic E-state index is -3.33. The fraction of sp³-hybridized carbons (Fsp3) is 0.608. The molecule has 91 heavy (non-hydrogen) atoms. The number of H-pyrrole nitrogens is 1. The molecule has 38 nitrogen and oxygen atoms in total. The Hall–Kier alpha value is -7.39. The number of nitrogens with one attached hydrogen (secondary N) is 6. The molecule has 3 aromatic rings. The van der Waals surface area contributed by atoms with Crippen LogP contribution in [0, 0.1) is 12.8 Å². The summed E-state index contributed by atoms with van der Waals surface area (Å²) >= 11 is 2.60. The SMILES string of the molecule is CC(=O)C(NC(=O)C(C)C(O)C(C)NC(=O)C(NC(=O)c1nc(C(CC(N)=O)NCC(N)C(N)=O)nc(N)c1C)C(OC1OC(CO)C(O)C(O)C1(C)OC1OC(CO)C(O)C(O)(C(N)=O)C1O)c1cnc[nH]1)C(=O)NCCC1=NC(c2nc(C(N)=O)cs2)CS1. The molecule has 0 spiro atoms. The Balaban J connectivity index is 1.33. The Morgan fingerprint density at radius 1 is 0.901 bits per heavy atom. The number of aliphatic hydroxyl groups is 8. The number of nitrogen functional groups attached to an aromatic ring is 1. The molecule has 0 aromatic carbocycles. The third-order valence-electron chi connectivity index (χ3n) is 15.2. The van der Waals surface area contributed by atoms with Crippen molar-refractivity contribution in [1.29, 1.82) is 0 Å². The molecule has 26 N–H and O–H groups in total. The maximum atomic E-state index is 15.2. The number of aromatic nitrogens is 5. The summed E-state index contributed by atoms with van der Waals surface area (Å²) in [6, 6.07) is -8.55. The van der Waals surface area contributed by atoms with Crippen molar-refractivity contribution in [2.24, 2.45) is 39.6 Å². The van der Waals surface area contributed by atoms with Gasteiger partial charge in [0, 0.05) is 42.6 Å². The summed E-state index contributed by atoms with van der Waals surface area (Å²) in [4.78, 5) is 143. The summed E-state index contributed by atoms with van der Waals surface area (Å²) in [5.74, 6) is -11.5. The summed E-state index contributed by atoms with van der Waals surface area (Å²) < 4.78 is 23.9. The van der Waals surface area contributed by atoms with E-state index in [4.69, 9.17) is 53.3 Å². The molecule has 0 bridgehead atoms. The van der Waals surface area contributed by atoms with Gasteiger partial charge in [-0.25, -0.2) is 19.9 Å². The molecule has 2 saturated heterocycles. The number of aliphatic imine (C=N–C) groups is 1. The molecule has 8 amide bonds. The van der Waals surface area contributed by atoms with E-state index in [0.29, 0.717) is 15.8 Å². The maximum absolute atomic E-state index is 15.2. The molecule has 6 heterocycles. The van der Waals surface area contributed by atoms with E-state index in [1.165, 1.54) is 49.2 Å². The Morgan fingerprint density at radius 2 is 1.58 bits per heavy atom. The number of carbonyl (C=O) groups is 9. The second-order valence-electron chi connectivity index (χ2n) is 21.8. The van der Waals surface area contributed by atoms with Gasteiger partial charge in [0.25, 0.3) is 17.7 Å². The fourth-order valence-corrected chi connectivity index (χ4v) is 11.6. The molecule has 0 aliphatic carbocycles. The molecule has 19 unspecified atom stereocenters. The molecular weight excluding hydrogens is 1250 g/mol. The number of primary amides is 4. The van der Waals surface area contributed by atoms with Crippen molar-refractivity contribution >= 4 is 87.0 Å². The van der Waals surface area contributed by atoms with Crippen LogP contribution in [0.1, 0.15) is 102 Å². The van der Waals surface area contributed by atoms with Gasteiger partial charge in [-0.15, -0.1) is 23.1 Å². The molecule has 3 aromatic heterocycles. The van der Waals surface area contributed by atoms with E-state index < -0.39 is 187 Å². The summed E-state index contributed by atoms with van der Waals surface area (Å²) in [7, 11) is 0. The molecule has 40 heteroatoms. The predicted molar refractivity (Wildman–Crippen MR) is 312 cm³/mol. The van der Waals surface area contributed by atoms with Crippen molar-refractivity contribution in [3.05, 3.63) is 51.4 Å². The Bertz CT molecular complexity index is 3190. The largest absolute Gasteiger partial charge is 0.394 e. The number of nitrogens with zero attached hydrogens (tertiary/aromatic N) is 5. The minimum Gasteiger partial charge on any atom is -0.394 e. The fourth-order valence-electron chi connectivity index (χ4n) is 9.64. The number of hydrogen-bond acceptors (Lipinski definition) is 31. The first-order valence-electron chi connectivity index (χ1n) is 27.8. The van der Waals surface area contributed by atoms with Crippen LogP contribution in [0.2, 0.25) is 0 Å². The molecule has 0 saturated carbocycles. The Morgan fingerprint density at radius 3 is 2.16 bits per heavy atom. The molecule has 502 valence electrons. The van der Waals surface area contributed by atoms with E-state index in [2.05, 4.69) is 56.5 Å². The number of thioether (sulfide) groups is 1. The van der Waals surface area contributed by atoms with Gasteiger partial charge in [0.15, 0.2) is 24.4 Å². The van der Waals surface area contributed by atoms with E-state index in [-0.39, 0.29) is 54.1 Å². The molecule has 0 radical (unpaired) electrons. The summed E-state index contributed by atoms with van der Waals surface area (Å²) in [6.07, 6.45) is -20.2. The van der Waals surface area contributed by atoms with Crippen LogP contribution in [-0.2, 0) is 52.5 Å². The Labute approximate surface area is 524 Å². The van der Waals surface area contributed by atoms with Gasteiger partial charge in [-0.1, -0.05) is 6.92 Å². The van der Waals surface area contributed by atoms with Gasteiger partial charge in [0.1, 0.15) is 88.5 Å². The predicted octanol–water partition coefficient (Wildman–Crippen LogP) is -9.34. The van der Waals surface area contributed by atoms with Crippen LogP contribution in [0.25, 0.3) is 0 Å². The number of nitrogens with two attached hydrogens (primary N) is 6. The second-order valence-corrected chi connectivity index (χ2v) is 23.8. The van der Waals surface area contributed by atoms with Crippen molar-refractivity contribution in [2.75, 3.05) is 37.8 Å². The van der Waals surface area contributed by atoms with Gasteiger partial charge < -0.3 is 126 Å². The average molecular weight is 1330 g/mol. The lowest BCUT2D eigenvalue weighted by Gasteiger charge is -2.53. The molecule has 19 atom stereocenters. The number of imidazole rings is 1. The number of ether oxygens (including phenoxy) is 4. The van der Waals surface area contributed by atoms with Crippen LogP contribution in [0.4, 0.5) is 5.82 Å². The zero-order valence-electron chi connectivity index (χ0n) is 49.4. The van der Waals surface area contributed by atoms with E-state index >= 15 is 4.79 Å². The number of hydrogen-bond donors (Lipinski definition) is 20. The number of amides is 8. The van der Waals surface area contributed by atoms with E-state index in [1.54, 1.807) is 0 Å². The highest BCUT2D eigenvalue weighted by Crippen LogP contribution is 2.41. The smallest absolute Gasteiger partial charge is 0.271 e. The first-order chi connectivity index (χ1) is 42.7. The lowest BCUT2D eigenvalue weighted by molar-refractivity contribution is -0.408. The highest BCUT2D eigenvalue weighted by atomic mass is 32.2. The summed E-state index contributed by atoms with van der Waals surface area (Å²) in [5.41, 5.74) is 26.7. The monoisotopic (exact) mass is 1330 g/mol. The number of carbonyl (C=O) groups excluding carboxylic acids is 9. The number of rotatable bonds is 31. The topological polar surface area (TPSA) is 648 Å². The van der Waals surface area contributed by atoms with E-state index in [9.17, 15) is 79.2 Å². The van der Waals surface area contributed by atoms with Crippen molar-refractivity contribution in [3.63, 3.8) is 0 Å². The van der Waals surface area contributed by atoms with Crippen LogP contribution in [0.15, 0.2) is 22.9 Å². The first-order valence-corrected chi connectivity index (χ1v) is 29.7. The number of aliphatic hydroxyl groups excluding tert-OH is 7. The van der Waals surface area contributed by atoms with Gasteiger partial charge >= 0.3 is 0 Å². The number of aromatic amines is 1. The van der Waals surface area contributed by atoms with Crippen LogP contribution in [0.3, 0.4) is 0 Å². The average Bonchev–Trinajstić information content (AvgIpc) is 1.55. The van der Waals surface area contributed by atoms with Gasteiger partial charge in [-0.3, -0.25) is 48.1 Å². The van der Waals surface area contributed by atoms with Crippen LogP contribution in [0.5, 0.6) is 0 Å². The maximum Gasteiger partial charge on any atom is 0.271 e. The summed E-state index contributed by atoms with van der Waals surface area (Å²) in [6.45, 7) is 3.04. The molecule has 3 aliphatic heterocycles. The lowest BCUT2D eigenvalue weighted by Crippen LogP contribution is -2.75. The third kappa shape index (κ3) is 16.6. The standard InChI is InChI=1S/C51H75N17O21S2/c1-16-29(65-41(68-38(16)54)21(8-27(53)72)60-9-20(52)39(55)78)44(82)67-31(34(22-10-58-15-61-22)88-49-50(5,36(76)33(74)25(11-69)87-49)89-47-37(77)51(85,48(57)84)35(75)26(12-70)86-47)45(83)62-18(3)32(73)17(2)42(80)66-30(19(4)71)43(81)59-7-6-28-63-24(14-90-28)46-64-23(13-91-46)40(56)79/h10,13,15,17-18,20-21,24-26,30-37,47,49,60,69-70,73-77,85H,6-9,11-12,14,52H2,1-5H3,(H2,53,72)(H2,55,78)(H2,56,79)(H2,57,84)(H,58,61)(H,59,81)(H,62,83)(H,66,80)(H,67,82)(H2,54,65,68). The van der Waals surface area contributed by atoms with Crippen molar-refractivity contribution < 1.29 is 103 Å². The van der Waals surface area contributed by atoms with Gasteiger partial charge in [-0.05, 0) is 27.7 Å². The number of thiazole rings is 1. The second kappa shape index (κ2) is 30.8. The van der Waals surface area contributed by atoms with Crippen molar-refractivity contribution in [3.8, 4) is 0 Å². The van der Waals surface area contributed by atoms with Crippen molar-refractivity contribution in [2.45, 2.75) is 156 Å². The van der Waals surface area contributed by atoms with Crippen molar-refractivity contribution in [1.82, 2.24) is 51.5 Å². The van der Waals surface area contributed by atoms with Crippen LogP contribution in [-0.4, -0.2) is 247 Å². The highest BCUT2D eigenvalue weighted by molar-refractivity contribution is 8.14. The number of Topliss-reactive ketones (excluding diaryl/α,β-unsaturated/α-hetero) is 1. The molecule has 2 fully saturated rings. The molecule has 3 aliphatic rings. The normalized spacial score (nSPS) is 27.5.